The van der Waals surface area contributed by atoms with Crippen molar-refractivity contribution in [3.63, 3.8) is 0 Å². The summed E-state index contributed by atoms with van der Waals surface area (Å²) >= 11 is 1.75. The zero-order valence-corrected chi connectivity index (χ0v) is 15.3. The van der Waals surface area contributed by atoms with E-state index in [2.05, 4.69) is 56.3 Å². The van der Waals surface area contributed by atoms with Crippen LogP contribution in [0.5, 0.6) is 0 Å². The summed E-state index contributed by atoms with van der Waals surface area (Å²) in [6.45, 7) is 3.91. The van der Waals surface area contributed by atoms with Crippen molar-refractivity contribution in [2.24, 2.45) is 4.99 Å². The van der Waals surface area contributed by atoms with Crippen LogP contribution in [-0.2, 0) is 11.8 Å². The number of hydrogen-bond donors (Lipinski definition) is 2. The predicted octanol–water partition coefficient (Wildman–Crippen LogP) is 3.28. The topological polar surface area (TPSA) is 49.3 Å². The van der Waals surface area contributed by atoms with E-state index in [0.29, 0.717) is 5.41 Å². The number of benzene rings is 1. The molecule has 0 bridgehead atoms. The SMILES string of the molecule is CN=C(NCCCc1nc(C)cs1)NCC1(c2ccccc2)CC1. The second-order valence-electron chi connectivity index (χ2n) is 6.49. The Labute approximate surface area is 148 Å². The highest BCUT2D eigenvalue weighted by atomic mass is 32.1. The molecule has 1 saturated carbocycles. The van der Waals surface area contributed by atoms with E-state index < -0.39 is 0 Å². The Balaban J connectivity index is 1.41. The number of aryl methyl sites for hydroxylation is 2. The van der Waals surface area contributed by atoms with Gasteiger partial charge < -0.3 is 10.6 Å². The van der Waals surface area contributed by atoms with E-state index >= 15 is 0 Å². The van der Waals surface area contributed by atoms with Gasteiger partial charge in [0.25, 0.3) is 0 Å². The molecule has 0 unspecified atom stereocenters. The van der Waals surface area contributed by atoms with Crippen molar-refractivity contribution < 1.29 is 0 Å². The fourth-order valence-corrected chi connectivity index (χ4v) is 3.77. The van der Waals surface area contributed by atoms with Gasteiger partial charge in [0.1, 0.15) is 0 Å². The van der Waals surface area contributed by atoms with Crippen molar-refractivity contribution in [3.05, 3.63) is 52.0 Å². The Hall–Kier alpha value is -1.88. The van der Waals surface area contributed by atoms with E-state index in [1.165, 1.54) is 23.4 Å². The van der Waals surface area contributed by atoms with Crippen molar-refractivity contribution in [1.82, 2.24) is 15.6 Å². The highest BCUT2D eigenvalue weighted by Crippen LogP contribution is 2.47. The molecule has 1 aromatic carbocycles. The fraction of sp³-hybridized carbons (Fsp3) is 0.474. The lowest BCUT2D eigenvalue weighted by Gasteiger charge is -2.19. The minimum Gasteiger partial charge on any atom is -0.356 e. The van der Waals surface area contributed by atoms with E-state index in [0.717, 1.165) is 37.6 Å². The van der Waals surface area contributed by atoms with E-state index in [9.17, 15) is 0 Å². The molecule has 0 amide bonds. The molecule has 0 saturated heterocycles. The Morgan fingerprint density at radius 2 is 2.04 bits per heavy atom. The van der Waals surface area contributed by atoms with Crippen LogP contribution in [-0.4, -0.2) is 31.1 Å². The van der Waals surface area contributed by atoms with E-state index in [1.54, 1.807) is 11.3 Å². The first kappa shape index (κ1) is 17.0. The van der Waals surface area contributed by atoms with Crippen molar-refractivity contribution in [2.75, 3.05) is 20.1 Å². The minimum atomic E-state index is 0.303. The average molecular weight is 343 g/mol. The molecule has 1 aliphatic rings. The van der Waals surface area contributed by atoms with Crippen LogP contribution in [0.2, 0.25) is 0 Å². The number of rotatable bonds is 7. The molecule has 0 atom stereocenters. The molecule has 2 aromatic rings. The summed E-state index contributed by atoms with van der Waals surface area (Å²) in [6.07, 6.45) is 4.60. The average Bonchev–Trinajstić information content (AvgIpc) is 3.30. The molecule has 0 aliphatic heterocycles. The summed E-state index contributed by atoms with van der Waals surface area (Å²) in [6, 6.07) is 10.8. The molecular formula is C19H26N4S. The maximum absolute atomic E-state index is 4.50. The maximum Gasteiger partial charge on any atom is 0.191 e. The first-order valence-corrected chi connectivity index (χ1v) is 9.51. The molecule has 0 radical (unpaired) electrons. The number of thiazole rings is 1. The van der Waals surface area contributed by atoms with Gasteiger partial charge in [-0.1, -0.05) is 30.3 Å². The van der Waals surface area contributed by atoms with E-state index in [-0.39, 0.29) is 0 Å². The Bertz CT molecular complexity index is 674. The van der Waals surface area contributed by atoms with Crippen LogP contribution in [0.15, 0.2) is 40.7 Å². The lowest BCUT2D eigenvalue weighted by molar-refractivity contribution is 0.642. The zero-order valence-electron chi connectivity index (χ0n) is 14.5. The quantitative estimate of drug-likeness (QED) is 0.461. The molecule has 1 heterocycles. The van der Waals surface area contributed by atoms with Gasteiger partial charge in [0.15, 0.2) is 5.96 Å². The molecule has 128 valence electrons. The molecule has 3 rings (SSSR count). The Morgan fingerprint density at radius 1 is 1.25 bits per heavy atom. The number of nitrogens with one attached hydrogen (secondary N) is 2. The van der Waals surface area contributed by atoms with Crippen LogP contribution in [0.3, 0.4) is 0 Å². The van der Waals surface area contributed by atoms with Crippen molar-refractivity contribution >= 4 is 17.3 Å². The smallest absolute Gasteiger partial charge is 0.191 e. The lowest BCUT2D eigenvalue weighted by Crippen LogP contribution is -2.41. The van der Waals surface area contributed by atoms with Crippen LogP contribution in [0.4, 0.5) is 0 Å². The summed E-state index contributed by atoms with van der Waals surface area (Å²) in [5.41, 5.74) is 2.86. The van der Waals surface area contributed by atoms with Crippen LogP contribution in [0.25, 0.3) is 0 Å². The highest BCUT2D eigenvalue weighted by Gasteiger charge is 2.43. The van der Waals surface area contributed by atoms with Gasteiger partial charge in [-0.2, -0.15) is 0 Å². The molecule has 1 aromatic heterocycles. The zero-order chi connectivity index (χ0) is 16.8. The molecular weight excluding hydrogens is 316 g/mol. The second kappa shape index (κ2) is 7.79. The van der Waals surface area contributed by atoms with Crippen LogP contribution < -0.4 is 10.6 Å². The van der Waals surface area contributed by atoms with Crippen LogP contribution in [0, 0.1) is 6.92 Å². The van der Waals surface area contributed by atoms with Crippen molar-refractivity contribution in [1.29, 1.82) is 0 Å². The minimum absolute atomic E-state index is 0.303. The number of aromatic nitrogens is 1. The Kier molecular flexibility index (Phi) is 5.51. The fourth-order valence-electron chi connectivity index (χ4n) is 2.95. The molecule has 1 fully saturated rings. The highest BCUT2D eigenvalue weighted by molar-refractivity contribution is 7.09. The van der Waals surface area contributed by atoms with Gasteiger partial charge >= 0.3 is 0 Å². The summed E-state index contributed by atoms with van der Waals surface area (Å²) in [5.74, 6) is 0.896. The third kappa shape index (κ3) is 4.35. The van der Waals surface area contributed by atoms with Crippen LogP contribution >= 0.6 is 11.3 Å². The van der Waals surface area contributed by atoms with Gasteiger partial charge in [-0.3, -0.25) is 4.99 Å². The number of nitrogens with zero attached hydrogens (tertiary/aromatic N) is 2. The van der Waals surface area contributed by atoms with Gasteiger partial charge in [0.05, 0.1) is 5.01 Å². The predicted molar refractivity (Wildman–Crippen MR) is 102 cm³/mol. The van der Waals surface area contributed by atoms with Gasteiger partial charge in [-0.05, 0) is 31.7 Å². The first-order valence-electron chi connectivity index (χ1n) is 8.63. The summed E-state index contributed by atoms with van der Waals surface area (Å²) in [5, 5.41) is 10.2. The van der Waals surface area contributed by atoms with Crippen molar-refractivity contribution in [2.45, 2.75) is 38.0 Å². The normalized spacial score (nSPS) is 16.0. The number of aliphatic imine (C=N–C) groups is 1. The number of guanidine groups is 1. The summed E-state index contributed by atoms with van der Waals surface area (Å²) < 4.78 is 0. The molecule has 4 nitrogen and oxygen atoms in total. The maximum atomic E-state index is 4.50. The first-order chi connectivity index (χ1) is 11.7. The van der Waals surface area contributed by atoms with Gasteiger partial charge in [0, 0.05) is 43.0 Å². The van der Waals surface area contributed by atoms with Crippen molar-refractivity contribution in [3.8, 4) is 0 Å². The van der Waals surface area contributed by atoms with Gasteiger partial charge in [0.2, 0.25) is 0 Å². The molecule has 0 spiro atoms. The summed E-state index contributed by atoms with van der Waals surface area (Å²) in [4.78, 5) is 8.85. The third-order valence-electron chi connectivity index (χ3n) is 4.58. The summed E-state index contributed by atoms with van der Waals surface area (Å²) in [7, 11) is 1.83. The van der Waals surface area contributed by atoms with Gasteiger partial charge in [-0.25, -0.2) is 4.98 Å². The van der Waals surface area contributed by atoms with Gasteiger partial charge in [-0.15, -0.1) is 11.3 Å². The second-order valence-corrected chi connectivity index (χ2v) is 7.43. The molecule has 24 heavy (non-hydrogen) atoms. The largest absolute Gasteiger partial charge is 0.356 e. The monoisotopic (exact) mass is 342 g/mol. The van der Waals surface area contributed by atoms with E-state index in [4.69, 9.17) is 0 Å². The number of hydrogen-bond acceptors (Lipinski definition) is 3. The standard InChI is InChI=1S/C19H26N4S/c1-15-13-24-17(23-15)9-6-12-21-18(20-2)22-14-19(10-11-19)16-7-4-3-5-8-16/h3-5,7-8,13H,6,9-12,14H2,1-2H3,(H2,20,21,22). The van der Waals surface area contributed by atoms with Crippen LogP contribution in [0.1, 0.15) is 35.5 Å². The van der Waals surface area contributed by atoms with E-state index in [1.807, 2.05) is 14.0 Å². The molecule has 1 aliphatic carbocycles. The molecule has 5 heteroatoms. The Morgan fingerprint density at radius 3 is 2.67 bits per heavy atom. The lowest BCUT2D eigenvalue weighted by atomic mass is 9.96. The third-order valence-corrected chi connectivity index (χ3v) is 5.61. The molecule has 2 N–H and O–H groups in total.